The molecule has 7 nitrogen and oxygen atoms in total. The molecule has 2 unspecified atom stereocenters. The van der Waals surface area contributed by atoms with Crippen LogP contribution < -0.4 is 10.6 Å². The SMILES string of the molecule is CC1CC1C(=O)Nc1cccc(C(=O)NCc2nc(C(=O)O)cs2)c1. The average Bonchev–Trinajstić information content (AvgIpc) is 3.13. The van der Waals surface area contributed by atoms with Crippen LogP contribution in [0.5, 0.6) is 0 Å². The maximum atomic E-state index is 12.2. The lowest BCUT2D eigenvalue weighted by Gasteiger charge is -2.07. The van der Waals surface area contributed by atoms with Crippen LogP contribution in [0.25, 0.3) is 0 Å². The second-order valence-corrected chi connectivity index (χ2v) is 6.95. The molecule has 1 aromatic carbocycles. The van der Waals surface area contributed by atoms with Crippen molar-refractivity contribution in [2.45, 2.75) is 19.9 Å². The van der Waals surface area contributed by atoms with Gasteiger partial charge in [0.25, 0.3) is 5.91 Å². The van der Waals surface area contributed by atoms with E-state index in [0.29, 0.717) is 22.2 Å². The molecule has 0 aliphatic heterocycles. The number of aromatic carboxylic acids is 1. The topological polar surface area (TPSA) is 108 Å². The Hall–Kier alpha value is -2.74. The first-order chi connectivity index (χ1) is 11.9. The van der Waals surface area contributed by atoms with Gasteiger partial charge < -0.3 is 15.7 Å². The lowest BCUT2D eigenvalue weighted by atomic mass is 10.2. The molecule has 0 saturated heterocycles. The minimum atomic E-state index is -1.10. The number of hydrogen-bond donors (Lipinski definition) is 3. The third kappa shape index (κ3) is 4.21. The number of thiazole rings is 1. The lowest BCUT2D eigenvalue weighted by Crippen LogP contribution is -2.23. The quantitative estimate of drug-likeness (QED) is 0.734. The number of rotatable bonds is 6. The molecule has 2 atom stereocenters. The first-order valence-corrected chi connectivity index (χ1v) is 8.69. The first-order valence-electron chi connectivity index (χ1n) is 7.81. The molecule has 130 valence electrons. The summed E-state index contributed by atoms with van der Waals surface area (Å²) in [7, 11) is 0. The highest BCUT2D eigenvalue weighted by atomic mass is 32.1. The molecule has 0 radical (unpaired) electrons. The van der Waals surface area contributed by atoms with Crippen LogP contribution in [-0.4, -0.2) is 27.9 Å². The number of aromatic nitrogens is 1. The Morgan fingerprint density at radius 2 is 2.12 bits per heavy atom. The van der Waals surface area contributed by atoms with Gasteiger partial charge in [0.15, 0.2) is 5.69 Å². The third-order valence-corrected chi connectivity index (χ3v) is 4.86. The van der Waals surface area contributed by atoms with E-state index in [-0.39, 0.29) is 30.0 Å². The second kappa shape index (κ2) is 7.02. The number of carboxylic acids is 1. The van der Waals surface area contributed by atoms with Crippen molar-refractivity contribution in [3.8, 4) is 0 Å². The van der Waals surface area contributed by atoms with Crippen molar-refractivity contribution in [1.82, 2.24) is 10.3 Å². The normalized spacial score (nSPS) is 18.4. The van der Waals surface area contributed by atoms with Crippen molar-refractivity contribution in [2.75, 3.05) is 5.32 Å². The van der Waals surface area contributed by atoms with Crippen molar-refractivity contribution in [2.24, 2.45) is 11.8 Å². The molecular formula is C17H17N3O4S. The summed E-state index contributed by atoms with van der Waals surface area (Å²) in [4.78, 5) is 38.9. The molecule has 2 amide bonds. The highest BCUT2D eigenvalue weighted by Crippen LogP contribution is 2.38. The smallest absolute Gasteiger partial charge is 0.355 e. The van der Waals surface area contributed by atoms with Crippen LogP contribution in [-0.2, 0) is 11.3 Å². The van der Waals surface area contributed by atoms with E-state index in [4.69, 9.17) is 5.11 Å². The second-order valence-electron chi connectivity index (χ2n) is 6.00. The van der Waals surface area contributed by atoms with Crippen LogP contribution >= 0.6 is 11.3 Å². The summed E-state index contributed by atoms with van der Waals surface area (Å²) in [5, 5.41) is 16.3. The van der Waals surface area contributed by atoms with Gasteiger partial charge in [-0.05, 0) is 30.5 Å². The zero-order chi connectivity index (χ0) is 18.0. The molecule has 0 bridgehead atoms. The minimum Gasteiger partial charge on any atom is -0.476 e. The third-order valence-electron chi connectivity index (χ3n) is 4.01. The van der Waals surface area contributed by atoms with Crippen molar-refractivity contribution >= 4 is 34.8 Å². The maximum Gasteiger partial charge on any atom is 0.355 e. The number of carboxylic acid groups (broad SMARTS) is 1. The number of anilines is 1. The van der Waals surface area contributed by atoms with E-state index in [2.05, 4.69) is 15.6 Å². The molecule has 1 aromatic heterocycles. The molecule has 1 fully saturated rings. The largest absolute Gasteiger partial charge is 0.476 e. The van der Waals surface area contributed by atoms with Crippen molar-refractivity contribution in [1.29, 1.82) is 0 Å². The van der Waals surface area contributed by atoms with Crippen LogP contribution in [0.2, 0.25) is 0 Å². The van der Waals surface area contributed by atoms with Crippen LogP contribution in [0.4, 0.5) is 5.69 Å². The highest BCUT2D eigenvalue weighted by molar-refractivity contribution is 7.09. The molecule has 1 aliphatic rings. The molecule has 1 aliphatic carbocycles. The molecule has 3 N–H and O–H groups in total. The van der Waals surface area contributed by atoms with Gasteiger partial charge in [-0.15, -0.1) is 11.3 Å². The van der Waals surface area contributed by atoms with Gasteiger partial charge in [0.1, 0.15) is 5.01 Å². The summed E-state index contributed by atoms with van der Waals surface area (Å²) in [6.45, 7) is 2.18. The number of benzene rings is 1. The number of carbonyl (C=O) groups excluding carboxylic acids is 2. The summed E-state index contributed by atoms with van der Waals surface area (Å²) >= 11 is 1.17. The summed E-state index contributed by atoms with van der Waals surface area (Å²) in [6, 6.07) is 6.70. The van der Waals surface area contributed by atoms with Crippen LogP contribution in [0.3, 0.4) is 0 Å². The Morgan fingerprint density at radius 3 is 2.76 bits per heavy atom. The van der Waals surface area contributed by atoms with Crippen LogP contribution in [0.15, 0.2) is 29.6 Å². The van der Waals surface area contributed by atoms with Gasteiger partial charge in [-0.3, -0.25) is 9.59 Å². The molecular weight excluding hydrogens is 342 g/mol. The molecule has 1 saturated carbocycles. The standard InChI is InChI=1S/C17H17N3O4S/c1-9-5-12(9)16(22)19-11-4-2-3-10(6-11)15(21)18-7-14-20-13(8-25-14)17(23)24/h2-4,6,8-9,12H,5,7H2,1H3,(H,18,21)(H,19,22)(H,23,24). The van der Waals surface area contributed by atoms with Gasteiger partial charge >= 0.3 is 5.97 Å². The molecule has 8 heteroatoms. The van der Waals surface area contributed by atoms with E-state index in [1.807, 2.05) is 6.92 Å². The Bertz CT molecular complexity index is 833. The fraction of sp³-hybridized carbons (Fsp3) is 0.294. The Morgan fingerprint density at radius 1 is 1.36 bits per heavy atom. The number of amides is 2. The maximum absolute atomic E-state index is 12.2. The van der Waals surface area contributed by atoms with E-state index in [9.17, 15) is 14.4 Å². The van der Waals surface area contributed by atoms with Crippen LogP contribution in [0.1, 0.15) is 39.2 Å². The van der Waals surface area contributed by atoms with Crippen LogP contribution in [0, 0.1) is 11.8 Å². The molecule has 0 spiro atoms. The van der Waals surface area contributed by atoms with Crippen molar-refractivity contribution in [3.63, 3.8) is 0 Å². The summed E-state index contributed by atoms with van der Waals surface area (Å²) in [5.41, 5.74) is 0.962. The van der Waals surface area contributed by atoms with Gasteiger partial charge in [0.05, 0.1) is 6.54 Å². The molecule has 25 heavy (non-hydrogen) atoms. The fourth-order valence-electron chi connectivity index (χ4n) is 2.41. The van der Waals surface area contributed by atoms with Gasteiger partial charge in [-0.25, -0.2) is 9.78 Å². The van der Waals surface area contributed by atoms with E-state index >= 15 is 0 Å². The zero-order valence-corrected chi connectivity index (χ0v) is 14.3. The predicted octanol–water partition coefficient (Wildman–Crippen LogP) is 2.37. The molecule has 1 heterocycles. The minimum absolute atomic E-state index is 0.0194. The van der Waals surface area contributed by atoms with E-state index < -0.39 is 5.97 Å². The Labute approximate surface area is 148 Å². The van der Waals surface area contributed by atoms with E-state index in [1.54, 1.807) is 24.3 Å². The summed E-state index contributed by atoms with van der Waals surface area (Å²) < 4.78 is 0. The lowest BCUT2D eigenvalue weighted by molar-refractivity contribution is -0.117. The summed E-state index contributed by atoms with van der Waals surface area (Å²) in [5.74, 6) is -0.953. The van der Waals surface area contributed by atoms with Gasteiger partial charge in [0, 0.05) is 22.5 Å². The summed E-state index contributed by atoms with van der Waals surface area (Å²) in [6.07, 6.45) is 0.901. The van der Waals surface area contributed by atoms with Gasteiger partial charge in [0.2, 0.25) is 5.91 Å². The highest BCUT2D eigenvalue weighted by Gasteiger charge is 2.39. The Kier molecular flexibility index (Phi) is 4.80. The average molecular weight is 359 g/mol. The number of carbonyl (C=O) groups is 3. The fourth-order valence-corrected chi connectivity index (χ4v) is 3.12. The monoisotopic (exact) mass is 359 g/mol. The van der Waals surface area contributed by atoms with Gasteiger partial charge in [-0.2, -0.15) is 0 Å². The molecule has 2 aromatic rings. The van der Waals surface area contributed by atoms with Gasteiger partial charge in [-0.1, -0.05) is 13.0 Å². The predicted molar refractivity (Wildman–Crippen MR) is 92.6 cm³/mol. The van der Waals surface area contributed by atoms with Crippen molar-refractivity contribution < 1.29 is 19.5 Å². The number of hydrogen-bond acceptors (Lipinski definition) is 5. The Balaban J connectivity index is 1.58. The zero-order valence-electron chi connectivity index (χ0n) is 13.5. The number of nitrogens with one attached hydrogen (secondary N) is 2. The van der Waals surface area contributed by atoms with E-state index in [0.717, 1.165) is 6.42 Å². The first kappa shape index (κ1) is 17.1. The van der Waals surface area contributed by atoms with E-state index in [1.165, 1.54) is 16.7 Å². The van der Waals surface area contributed by atoms with Crippen molar-refractivity contribution in [3.05, 3.63) is 45.9 Å². The molecule has 3 rings (SSSR count). The number of nitrogens with zero attached hydrogens (tertiary/aromatic N) is 1.